The largest absolute Gasteiger partial charge is 0.328 e. The van der Waals surface area contributed by atoms with E-state index in [0.717, 1.165) is 0 Å². The summed E-state index contributed by atoms with van der Waals surface area (Å²) in [6.07, 6.45) is 15.9. The highest BCUT2D eigenvalue weighted by atomic mass is 16.9. The summed E-state index contributed by atoms with van der Waals surface area (Å²) in [5.41, 5.74) is 0. The number of nitrogens with zero attached hydrogens (tertiary/aromatic N) is 2. The third-order valence-corrected chi connectivity index (χ3v) is 3.78. The highest BCUT2D eigenvalue weighted by molar-refractivity contribution is 4.64. The molecule has 0 bridgehead atoms. The highest BCUT2D eigenvalue weighted by Gasteiger charge is 2.08. The number of piperidine rings is 1. The minimum atomic E-state index is -1.50. The van der Waals surface area contributed by atoms with E-state index in [1.807, 2.05) is 0 Å². The minimum Gasteiger partial charge on any atom is -0.328 e. The van der Waals surface area contributed by atoms with Crippen LogP contribution in [-0.2, 0) is 0 Å². The monoisotopic (exact) mass is 288 g/mol. The normalized spacial score (nSPS) is 15.4. The van der Waals surface area contributed by atoms with Crippen LogP contribution in [0, 0.1) is 10.1 Å². The van der Waals surface area contributed by atoms with E-state index in [-0.39, 0.29) is 0 Å². The Morgan fingerprint density at radius 3 is 1.90 bits per heavy atom. The molecule has 1 N–H and O–H groups in total. The van der Waals surface area contributed by atoms with Crippen molar-refractivity contribution in [3.8, 4) is 0 Å². The first-order valence-corrected chi connectivity index (χ1v) is 8.22. The Balaban J connectivity index is 0.000000796. The molecule has 0 aliphatic carbocycles. The molecule has 0 radical (unpaired) electrons. The predicted octanol–water partition coefficient (Wildman–Crippen LogP) is 4.27. The first kappa shape index (κ1) is 19.2. The maximum absolute atomic E-state index is 8.36. The molecule has 120 valence electrons. The Bertz CT molecular complexity index is 215. The number of hydrogen-bond donors (Lipinski definition) is 1. The molecule has 0 saturated carbocycles. The first-order valence-electron chi connectivity index (χ1n) is 8.22. The highest BCUT2D eigenvalue weighted by Crippen LogP contribution is 2.12. The second-order valence-electron chi connectivity index (χ2n) is 5.62. The number of hydrogen-bond acceptors (Lipinski definition) is 3. The van der Waals surface area contributed by atoms with E-state index in [1.165, 1.54) is 90.3 Å². The van der Waals surface area contributed by atoms with E-state index >= 15 is 0 Å². The van der Waals surface area contributed by atoms with Gasteiger partial charge in [0.15, 0.2) is 0 Å². The fourth-order valence-electron chi connectivity index (χ4n) is 2.65. The van der Waals surface area contributed by atoms with Crippen LogP contribution in [0.2, 0.25) is 0 Å². The molecule has 1 heterocycles. The van der Waals surface area contributed by atoms with E-state index < -0.39 is 5.09 Å². The molecule has 0 unspecified atom stereocenters. The summed E-state index contributed by atoms with van der Waals surface area (Å²) < 4.78 is 0. The van der Waals surface area contributed by atoms with Gasteiger partial charge in [0.2, 0.25) is 0 Å². The molecule has 1 saturated heterocycles. The van der Waals surface area contributed by atoms with Crippen LogP contribution < -0.4 is 0 Å². The summed E-state index contributed by atoms with van der Waals surface area (Å²) in [7, 11) is 0. The van der Waals surface area contributed by atoms with Crippen molar-refractivity contribution in [2.45, 2.75) is 77.6 Å². The minimum absolute atomic E-state index is 1.37. The van der Waals surface area contributed by atoms with Gasteiger partial charge in [-0.1, -0.05) is 58.3 Å². The topological polar surface area (TPSA) is 66.6 Å². The zero-order chi connectivity index (χ0) is 15.1. The predicted molar refractivity (Wildman–Crippen MR) is 81.7 cm³/mol. The zero-order valence-corrected chi connectivity index (χ0v) is 13.1. The molecular formula is C15H32N2O3. The lowest BCUT2D eigenvalue weighted by atomic mass is 10.1. The molecule has 1 aliphatic heterocycles. The summed E-state index contributed by atoms with van der Waals surface area (Å²) in [6, 6.07) is 0. The van der Waals surface area contributed by atoms with Crippen LogP contribution in [0.3, 0.4) is 0 Å². The fourth-order valence-corrected chi connectivity index (χ4v) is 2.65. The number of rotatable bonds is 9. The molecule has 0 aromatic rings. The molecule has 0 aromatic carbocycles. The second-order valence-corrected chi connectivity index (χ2v) is 5.62. The van der Waals surface area contributed by atoms with Gasteiger partial charge in [0.1, 0.15) is 0 Å². The van der Waals surface area contributed by atoms with Gasteiger partial charge in [-0.3, -0.25) is 0 Å². The van der Waals surface area contributed by atoms with Gasteiger partial charge in [-0.25, -0.2) is 0 Å². The smallest absolute Gasteiger partial charge is 0.291 e. The summed E-state index contributed by atoms with van der Waals surface area (Å²) in [4.78, 5) is 11.0. The van der Waals surface area contributed by atoms with Crippen molar-refractivity contribution in [2.24, 2.45) is 0 Å². The van der Waals surface area contributed by atoms with Gasteiger partial charge in [-0.2, -0.15) is 0 Å². The van der Waals surface area contributed by atoms with Crippen molar-refractivity contribution in [3.63, 3.8) is 0 Å². The Labute approximate surface area is 123 Å². The summed E-state index contributed by atoms with van der Waals surface area (Å²) in [5.74, 6) is 0. The second kappa shape index (κ2) is 14.6. The van der Waals surface area contributed by atoms with Crippen molar-refractivity contribution in [1.29, 1.82) is 0 Å². The van der Waals surface area contributed by atoms with E-state index in [1.54, 1.807) is 0 Å². The molecular weight excluding hydrogens is 256 g/mol. The Kier molecular flexibility index (Phi) is 14.0. The molecule has 5 heteroatoms. The molecule has 20 heavy (non-hydrogen) atoms. The maximum Gasteiger partial charge on any atom is 0.291 e. The Morgan fingerprint density at radius 1 is 0.950 bits per heavy atom. The van der Waals surface area contributed by atoms with Crippen LogP contribution in [0.5, 0.6) is 0 Å². The van der Waals surface area contributed by atoms with Gasteiger partial charge in [-0.15, -0.1) is 10.1 Å². The summed E-state index contributed by atoms with van der Waals surface area (Å²) in [6.45, 7) is 6.40. The van der Waals surface area contributed by atoms with Gasteiger partial charge >= 0.3 is 0 Å². The Morgan fingerprint density at radius 2 is 1.40 bits per heavy atom. The van der Waals surface area contributed by atoms with Crippen molar-refractivity contribution in [1.82, 2.24) is 4.90 Å². The molecule has 1 fully saturated rings. The summed E-state index contributed by atoms with van der Waals surface area (Å²) in [5, 5.41) is 13.6. The standard InChI is InChI=1S/C15H31N.HNO3/c1-2-3-4-5-6-7-8-10-13-16-14-11-9-12-15-16;2-1(3)4/h2-15H2,1H3;(H,2,3,4). The Hall–Kier alpha value is -0.840. The molecule has 0 aromatic heterocycles. The van der Waals surface area contributed by atoms with E-state index in [4.69, 9.17) is 15.3 Å². The van der Waals surface area contributed by atoms with Crippen LogP contribution in [0.4, 0.5) is 0 Å². The maximum atomic E-state index is 8.36. The van der Waals surface area contributed by atoms with Crippen LogP contribution in [0.15, 0.2) is 0 Å². The van der Waals surface area contributed by atoms with Gasteiger partial charge in [0.05, 0.1) is 0 Å². The fraction of sp³-hybridized carbons (Fsp3) is 1.00. The average Bonchev–Trinajstić information content (AvgIpc) is 2.42. The van der Waals surface area contributed by atoms with E-state index in [9.17, 15) is 0 Å². The lowest BCUT2D eigenvalue weighted by molar-refractivity contribution is -0.742. The molecule has 0 amide bonds. The van der Waals surface area contributed by atoms with Gasteiger partial charge in [-0.05, 0) is 38.9 Å². The van der Waals surface area contributed by atoms with Crippen molar-refractivity contribution in [3.05, 3.63) is 10.1 Å². The van der Waals surface area contributed by atoms with Crippen molar-refractivity contribution >= 4 is 0 Å². The lowest BCUT2D eigenvalue weighted by Crippen LogP contribution is -2.30. The molecule has 5 nitrogen and oxygen atoms in total. The van der Waals surface area contributed by atoms with Crippen LogP contribution >= 0.6 is 0 Å². The third-order valence-electron chi connectivity index (χ3n) is 3.78. The lowest BCUT2D eigenvalue weighted by Gasteiger charge is -2.26. The summed E-state index contributed by atoms with van der Waals surface area (Å²) >= 11 is 0. The number of unbranched alkanes of at least 4 members (excludes halogenated alkanes) is 7. The van der Waals surface area contributed by atoms with E-state index in [0.29, 0.717) is 0 Å². The van der Waals surface area contributed by atoms with Crippen molar-refractivity contribution in [2.75, 3.05) is 19.6 Å². The first-order chi connectivity index (χ1) is 9.66. The van der Waals surface area contributed by atoms with Gasteiger partial charge in [0, 0.05) is 0 Å². The molecule has 1 rings (SSSR count). The molecule has 1 aliphatic rings. The third kappa shape index (κ3) is 15.2. The molecule has 0 atom stereocenters. The average molecular weight is 288 g/mol. The van der Waals surface area contributed by atoms with Crippen LogP contribution in [0.1, 0.15) is 77.6 Å². The van der Waals surface area contributed by atoms with Gasteiger partial charge < -0.3 is 10.1 Å². The van der Waals surface area contributed by atoms with Crippen molar-refractivity contribution < 1.29 is 10.3 Å². The van der Waals surface area contributed by atoms with Crippen LogP contribution in [0.25, 0.3) is 0 Å². The quantitative estimate of drug-likeness (QED) is 0.391. The van der Waals surface area contributed by atoms with Crippen LogP contribution in [-0.4, -0.2) is 34.8 Å². The molecule has 0 spiro atoms. The number of likely N-dealkylation sites (tertiary alicyclic amines) is 1. The SMILES string of the molecule is CCCCCCCCCCN1CCCCC1.O=[N+]([O-])O. The zero-order valence-electron chi connectivity index (χ0n) is 13.1. The van der Waals surface area contributed by atoms with Gasteiger partial charge in [0.25, 0.3) is 5.09 Å². The van der Waals surface area contributed by atoms with E-state index in [2.05, 4.69) is 11.8 Å².